The van der Waals surface area contributed by atoms with Gasteiger partial charge in [-0.25, -0.2) is 0 Å². The topological polar surface area (TPSA) is 20.3 Å². The standard InChI is InChI=1S/C15H20BrNO/c1-3-4-7-17(14-5-6-14)15(18)12-8-11(2)9-13(16)10-12/h8-10,14H,3-7H2,1-2H3. The second-order valence-corrected chi connectivity index (χ2v) is 6.02. The van der Waals surface area contributed by atoms with Gasteiger partial charge < -0.3 is 4.90 Å². The van der Waals surface area contributed by atoms with Crippen LogP contribution in [0.2, 0.25) is 0 Å². The smallest absolute Gasteiger partial charge is 0.254 e. The average Bonchev–Trinajstić information content (AvgIpc) is 3.12. The summed E-state index contributed by atoms with van der Waals surface area (Å²) in [6.45, 7) is 5.08. The lowest BCUT2D eigenvalue weighted by molar-refractivity contribution is 0.0740. The Balaban J connectivity index is 2.16. The third-order valence-electron chi connectivity index (χ3n) is 3.29. The molecule has 0 spiro atoms. The molecule has 2 nitrogen and oxygen atoms in total. The van der Waals surface area contributed by atoms with Crippen LogP contribution in [0.5, 0.6) is 0 Å². The van der Waals surface area contributed by atoms with Gasteiger partial charge in [0.2, 0.25) is 0 Å². The van der Waals surface area contributed by atoms with E-state index in [0.717, 1.165) is 35.0 Å². The average molecular weight is 310 g/mol. The predicted molar refractivity (Wildman–Crippen MR) is 77.8 cm³/mol. The van der Waals surface area contributed by atoms with E-state index < -0.39 is 0 Å². The van der Waals surface area contributed by atoms with Crippen molar-refractivity contribution in [3.05, 3.63) is 33.8 Å². The molecule has 0 aromatic heterocycles. The van der Waals surface area contributed by atoms with Crippen molar-refractivity contribution in [1.82, 2.24) is 4.90 Å². The predicted octanol–water partition coefficient (Wildman–Crippen LogP) is 4.16. The number of hydrogen-bond donors (Lipinski definition) is 0. The highest BCUT2D eigenvalue weighted by Crippen LogP contribution is 2.29. The molecule has 0 radical (unpaired) electrons. The Labute approximate surface area is 117 Å². The van der Waals surface area contributed by atoms with Crippen LogP contribution in [0, 0.1) is 6.92 Å². The largest absolute Gasteiger partial charge is 0.336 e. The molecule has 0 unspecified atom stereocenters. The molecule has 0 heterocycles. The molecule has 1 amide bonds. The molecule has 1 aliphatic rings. The van der Waals surface area contributed by atoms with E-state index in [0.29, 0.717) is 6.04 Å². The minimum atomic E-state index is 0.190. The number of rotatable bonds is 5. The highest BCUT2D eigenvalue weighted by atomic mass is 79.9. The Morgan fingerprint density at radius 3 is 2.67 bits per heavy atom. The second kappa shape index (κ2) is 5.87. The van der Waals surface area contributed by atoms with E-state index in [9.17, 15) is 4.79 Å². The van der Waals surface area contributed by atoms with Crippen LogP contribution in [0.4, 0.5) is 0 Å². The Morgan fingerprint density at radius 1 is 1.39 bits per heavy atom. The zero-order valence-electron chi connectivity index (χ0n) is 11.1. The molecule has 2 rings (SSSR count). The summed E-state index contributed by atoms with van der Waals surface area (Å²) in [4.78, 5) is 14.6. The fourth-order valence-electron chi connectivity index (χ4n) is 2.19. The van der Waals surface area contributed by atoms with Crippen molar-refractivity contribution < 1.29 is 4.79 Å². The van der Waals surface area contributed by atoms with Crippen LogP contribution in [0.25, 0.3) is 0 Å². The van der Waals surface area contributed by atoms with E-state index in [-0.39, 0.29) is 5.91 Å². The van der Waals surface area contributed by atoms with Gasteiger partial charge in [-0.3, -0.25) is 4.79 Å². The lowest BCUT2D eigenvalue weighted by Crippen LogP contribution is -2.34. The van der Waals surface area contributed by atoms with Crippen LogP contribution in [-0.4, -0.2) is 23.4 Å². The summed E-state index contributed by atoms with van der Waals surface area (Å²) < 4.78 is 0.983. The Bertz CT molecular complexity index is 420. The van der Waals surface area contributed by atoms with Gasteiger partial charge in [-0.15, -0.1) is 0 Å². The van der Waals surface area contributed by atoms with E-state index >= 15 is 0 Å². The molecule has 1 aliphatic carbocycles. The lowest BCUT2D eigenvalue weighted by Gasteiger charge is -2.22. The minimum Gasteiger partial charge on any atom is -0.336 e. The molecule has 0 N–H and O–H groups in total. The van der Waals surface area contributed by atoms with Crippen LogP contribution in [0.3, 0.4) is 0 Å². The second-order valence-electron chi connectivity index (χ2n) is 5.10. The summed E-state index contributed by atoms with van der Waals surface area (Å²) in [7, 11) is 0. The molecule has 98 valence electrons. The van der Waals surface area contributed by atoms with Gasteiger partial charge in [-0.2, -0.15) is 0 Å². The lowest BCUT2D eigenvalue weighted by atomic mass is 10.1. The molecule has 1 aromatic carbocycles. The first kappa shape index (κ1) is 13.6. The van der Waals surface area contributed by atoms with Crippen molar-refractivity contribution >= 4 is 21.8 Å². The Kier molecular flexibility index (Phi) is 4.44. The zero-order chi connectivity index (χ0) is 13.1. The SMILES string of the molecule is CCCCN(C(=O)c1cc(C)cc(Br)c1)C1CC1. The number of hydrogen-bond acceptors (Lipinski definition) is 1. The maximum Gasteiger partial charge on any atom is 0.254 e. The normalized spacial score (nSPS) is 14.6. The van der Waals surface area contributed by atoms with Gasteiger partial charge in [-0.1, -0.05) is 29.3 Å². The van der Waals surface area contributed by atoms with Crippen LogP contribution >= 0.6 is 15.9 Å². The van der Waals surface area contributed by atoms with Crippen LogP contribution in [0.15, 0.2) is 22.7 Å². The molecular weight excluding hydrogens is 290 g/mol. The first-order valence-corrected chi connectivity index (χ1v) is 7.49. The number of nitrogens with zero attached hydrogens (tertiary/aromatic N) is 1. The highest BCUT2D eigenvalue weighted by Gasteiger charge is 2.32. The fourth-order valence-corrected chi connectivity index (χ4v) is 2.80. The first-order valence-electron chi connectivity index (χ1n) is 6.70. The zero-order valence-corrected chi connectivity index (χ0v) is 12.7. The van der Waals surface area contributed by atoms with E-state index in [4.69, 9.17) is 0 Å². The summed E-state index contributed by atoms with van der Waals surface area (Å²) in [6, 6.07) is 6.43. The number of unbranched alkanes of at least 4 members (excludes halogenated alkanes) is 1. The van der Waals surface area contributed by atoms with Gasteiger partial charge in [0, 0.05) is 22.6 Å². The molecule has 0 atom stereocenters. The summed E-state index contributed by atoms with van der Waals surface area (Å²) in [5.41, 5.74) is 1.93. The minimum absolute atomic E-state index is 0.190. The summed E-state index contributed by atoms with van der Waals surface area (Å²) in [5.74, 6) is 0.190. The maximum atomic E-state index is 12.5. The van der Waals surface area contributed by atoms with Gasteiger partial charge in [0.15, 0.2) is 0 Å². The van der Waals surface area contributed by atoms with Crippen molar-refractivity contribution in [2.45, 2.75) is 45.6 Å². The van der Waals surface area contributed by atoms with Crippen LogP contribution in [-0.2, 0) is 0 Å². The number of benzene rings is 1. The van der Waals surface area contributed by atoms with Crippen molar-refractivity contribution in [3.8, 4) is 0 Å². The molecule has 18 heavy (non-hydrogen) atoms. The number of halogens is 1. The highest BCUT2D eigenvalue weighted by molar-refractivity contribution is 9.10. The quantitative estimate of drug-likeness (QED) is 0.799. The van der Waals surface area contributed by atoms with Crippen molar-refractivity contribution in [2.24, 2.45) is 0 Å². The number of aryl methyl sites for hydroxylation is 1. The Morgan fingerprint density at radius 2 is 2.11 bits per heavy atom. The van der Waals surface area contributed by atoms with E-state index in [1.54, 1.807) is 0 Å². The summed E-state index contributed by atoms with van der Waals surface area (Å²) in [5, 5.41) is 0. The van der Waals surface area contributed by atoms with E-state index in [1.165, 1.54) is 12.8 Å². The van der Waals surface area contributed by atoms with Crippen molar-refractivity contribution in [1.29, 1.82) is 0 Å². The monoisotopic (exact) mass is 309 g/mol. The van der Waals surface area contributed by atoms with Crippen molar-refractivity contribution in [3.63, 3.8) is 0 Å². The maximum absolute atomic E-state index is 12.5. The third-order valence-corrected chi connectivity index (χ3v) is 3.75. The molecule has 1 aromatic rings. The van der Waals surface area contributed by atoms with Crippen molar-refractivity contribution in [2.75, 3.05) is 6.54 Å². The van der Waals surface area contributed by atoms with Crippen LogP contribution < -0.4 is 0 Å². The molecule has 0 bridgehead atoms. The van der Waals surface area contributed by atoms with E-state index in [2.05, 4.69) is 27.8 Å². The molecule has 0 aliphatic heterocycles. The number of amides is 1. The van der Waals surface area contributed by atoms with Gasteiger partial charge in [-0.05, 0) is 49.9 Å². The molecule has 1 saturated carbocycles. The molecule has 0 saturated heterocycles. The van der Waals surface area contributed by atoms with Crippen LogP contribution in [0.1, 0.15) is 48.5 Å². The van der Waals surface area contributed by atoms with Gasteiger partial charge >= 0.3 is 0 Å². The van der Waals surface area contributed by atoms with Gasteiger partial charge in [0.1, 0.15) is 0 Å². The van der Waals surface area contributed by atoms with Gasteiger partial charge in [0.05, 0.1) is 0 Å². The van der Waals surface area contributed by atoms with E-state index in [1.807, 2.05) is 25.1 Å². The summed E-state index contributed by atoms with van der Waals surface area (Å²) >= 11 is 3.46. The molecule has 1 fully saturated rings. The van der Waals surface area contributed by atoms with Gasteiger partial charge in [0.25, 0.3) is 5.91 Å². The first-order chi connectivity index (χ1) is 8.61. The molecule has 3 heteroatoms. The molecular formula is C15H20BrNO. The third kappa shape index (κ3) is 3.35. The summed E-state index contributed by atoms with van der Waals surface area (Å²) in [6.07, 6.45) is 4.56. The number of carbonyl (C=O) groups is 1. The fraction of sp³-hybridized carbons (Fsp3) is 0.533. The Hall–Kier alpha value is -0.830. The number of carbonyl (C=O) groups excluding carboxylic acids is 1.